The zero-order chi connectivity index (χ0) is 14.8. The van der Waals surface area contributed by atoms with Gasteiger partial charge in [0.1, 0.15) is 0 Å². The molecule has 0 spiro atoms. The molecule has 0 aliphatic rings. The van der Waals surface area contributed by atoms with Crippen molar-refractivity contribution in [3.63, 3.8) is 0 Å². The maximum atomic E-state index is 5.92. The van der Waals surface area contributed by atoms with Crippen molar-refractivity contribution in [2.75, 3.05) is 0 Å². The molecular weight excluding hydrogens is 343 g/mol. The second kappa shape index (κ2) is 6.78. The highest BCUT2D eigenvalue weighted by Gasteiger charge is 2.13. The van der Waals surface area contributed by atoms with E-state index in [9.17, 15) is 0 Å². The molecule has 0 fully saturated rings. The van der Waals surface area contributed by atoms with Gasteiger partial charge in [-0.2, -0.15) is 5.10 Å². The van der Waals surface area contributed by atoms with Crippen molar-refractivity contribution in [2.45, 2.75) is 0 Å². The van der Waals surface area contributed by atoms with Crippen LogP contribution < -0.4 is 11.5 Å². The van der Waals surface area contributed by atoms with E-state index in [1.807, 2.05) is 40.2 Å². The van der Waals surface area contributed by atoms with Gasteiger partial charge in [-0.1, -0.05) is 23.7 Å². The monoisotopic (exact) mass is 354 g/mol. The van der Waals surface area contributed by atoms with E-state index in [0.717, 1.165) is 21.9 Å². The summed E-state index contributed by atoms with van der Waals surface area (Å²) in [7, 11) is 0. The molecule has 22 heavy (non-hydrogen) atoms. The Hall–Kier alpha value is -2.09. The number of nitrogens with two attached hydrogens (primary N) is 2. The molecule has 2 heterocycles. The maximum Gasteiger partial charge on any atom is 0.211 e. The van der Waals surface area contributed by atoms with Gasteiger partial charge < -0.3 is 11.5 Å². The largest absolute Gasteiger partial charge is 0.369 e. The molecule has 4 N–H and O–H groups in total. The van der Waals surface area contributed by atoms with Crippen LogP contribution in [-0.2, 0) is 0 Å². The predicted molar refractivity (Wildman–Crippen MR) is 94.2 cm³/mol. The van der Waals surface area contributed by atoms with Gasteiger partial charge >= 0.3 is 0 Å². The van der Waals surface area contributed by atoms with Gasteiger partial charge in [-0.3, -0.25) is 4.40 Å². The van der Waals surface area contributed by atoms with Crippen molar-refractivity contribution >= 4 is 52.5 Å². The van der Waals surface area contributed by atoms with Crippen LogP contribution in [0.25, 0.3) is 16.2 Å². The number of rotatable bonds is 3. The van der Waals surface area contributed by atoms with Gasteiger partial charge in [0.15, 0.2) is 4.96 Å². The van der Waals surface area contributed by atoms with Crippen molar-refractivity contribution in [1.29, 1.82) is 0 Å². The zero-order valence-electron chi connectivity index (χ0n) is 11.2. The van der Waals surface area contributed by atoms with Crippen molar-refractivity contribution in [1.82, 2.24) is 9.38 Å². The number of thiazole rings is 1. The van der Waals surface area contributed by atoms with Gasteiger partial charge in [0.05, 0.1) is 17.6 Å². The van der Waals surface area contributed by atoms with Gasteiger partial charge in [0.25, 0.3) is 0 Å². The highest BCUT2D eigenvalue weighted by molar-refractivity contribution is 7.15. The van der Waals surface area contributed by atoms with Gasteiger partial charge in [0.2, 0.25) is 5.96 Å². The van der Waals surface area contributed by atoms with Crippen LogP contribution in [0.15, 0.2) is 46.0 Å². The lowest BCUT2D eigenvalue weighted by molar-refractivity contribution is 1.18. The van der Waals surface area contributed by atoms with E-state index >= 15 is 0 Å². The van der Waals surface area contributed by atoms with Crippen LogP contribution in [0.1, 0.15) is 5.69 Å². The Bertz CT molecular complexity index is 830. The van der Waals surface area contributed by atoms with Gasteiger partial charge in [-0.25, -0.2) is 4.98 Å². The van der Waals surface area contributed by atoms with Crippen LogP contribution in [-0.4, -0.2) is 21.6 Å². The first-order chi connectivity index (χ1) is 10.1. The molecule has 0 aliphatic heterocycles. The van der Waals surface area contributed by atoms with E-state index in [4.69, 9.17) is 23.1 Å². The number of aromatic nitrogens is 2. The summed E-state index contributed by atoms with van der Waals surface area (Å²) in [6, 6.07) is 7.46. The predicted octanol–water partition coefficient (Wildman–Crippen LogP) is 2.75. The number of benzene rings is 1. The third kappa shape index (κ3) is 3.22. The number of hydrogen-bond acceptors (Lipinski definition) is 4. The third-order valence-electron chi connectivity index (χ3n) is 2.77. The summed E-state index contributed by atoms with van der Waals surface area (Å²) in [5.74, 6) is -0.0922. The van der Waals surface area contributed by atoms with Gasteiger partial charge in [-0.15, -0.1) is 28.8 Å². The molecule has 9 heteroatoms. The van der Waals surface area contributed by atoms with Crippen LogP contribution in [0, 0.1) is 0 Å². The fourth-order valence-corrected chi connectivity index (χ4v) is 2.74. The van der Waals surface area contributed by atoms with E-state index in [2.05, 4.69) is 15.2 Å². The molecular formula is C13H12Cl2N6S. The van der Waals surface area contributed by atoms with E-state index in [-0.39, 0.29) is 18.4 Å². The maximum absolute atomic E-state index is 5.92. The molecule has 1 aromatic carbocycles. The van der Waals surface area contributed by atoms with Crippen molar-refractivity contribution in [3.8, 4) is 11.3 Å². The molecule has 0 bridgehead atoms. The molecule has 0 radical (unpaired) electrons. The Labute approximate surface area is 141 Å². The highest BCUT2D eigenvalue weighted by atomic mass is 35.5. The smallest absolute Gasteiger partial charge is 0.211 e. The van der Waals surface area contributed by atoms with Crippen LogP contribution in [0.3, 0.4) is 0 Å². The normalized spacial score (nSPS) is 10.8. The molecule has 0 atom stereocenters. The Morgan fingerprint density at radius 2 is 2.00 bits per heavy atom. The standard InChI is InChI=1S/C13H11ClN6S.ClH/c14-9-3-1-8(2-4-9)11-10(7-17-19-12(15)16)20-5-6-21-13(20)18-11;/h1-7H,(H4,15,16,19);1H/b17-7+;. The Balaban J connectivity index is 0.00000176. The summed E-state index contributed by atoms with van der Waals surface area (Å²) < 4.78 is 1.93. The molecule has 2 aromatic heterocycles. The molecule has 3 aromatic rings. The van der Waals surface area contributed by atoms with Crippen molar-refractivity contribution in [3.05, 3.63) is 46.6 Å². The molecule has 114 valence electrons. The lowest BCUT2D eigenvalue weighted by Gasteiger charge is -1.99. The van der Waals surface area contributed by atoms with Crippen LogP contribution in [0.2, 0.25) is 5.02 Å². The molecule has 0 aliphatic carbocycles. The van der Waals surface area contributed by atoms with E-state index < -0.39 is 0 Å². The first-order valence-corrected chi connectivity index (χ1v) is 7.24. The average Bonchev–Trinajstić information content (AvgIpc) is 3.01. The number of imidazole rings is 1. The second-order valence-corrected chi connectivity index (χ2v) is 5.49. The Kier molecular flexibility index (Phi) is 5.02. The molecule has 0 amide bonds. The fraction of sp³-hybridized carbons (Fsp3) is 0. The summed E-state index contributed by atoms with van der Waals surface area (Å²) in [4.78, 5) is 5.47. The van der Waals surface area contributed by atoms with Crippen LogP contribution in [0.5, 0.6) is 0 Å². The summed E-state index contributed by atoms with van der Waals surface area (Å²) in [6.45, 7) is 0. The molecule has 0 unspecified atom stereocenters. The van der Waals surface area contributed by atoms with Crippen LogP contribution in [0.4, 0.5) is 0 Å². The lowest BCUT2D eigenvalue weighted by atomic mass is 10.1. The molecule has 3 rings (SSSR count). The van der Waals surface area contributed by atoms with E-state index in [1.165, 1.54) is 11.3 Å². The first-order valence-electron chi connectivity index (χ1n) is 5.98. The quantitative estimate of drug-likeness (QED) is 0.430. The zero-order valence-corrected chi connectivity index (χ0v) is 13.6. The average molecular weight is 355 g/mol. The highest BCUT2D eigenvalue weighted by Crippen LogP contribution is 2.26. The summed E-state index contributed by atoms with van der Waals surface area (Å²) in [6.07, 6.45) is 3.50. The third-order valence-corrected chi connectivity index (χ3v) is 3.78. The van der Waals surface area contributed by atoms with Crippen molar-refractivity contribution in [2.24, 2.45) is 21.7 Å². The van der Waals surface area contributed by atoms with E-state index in [1.54, 1.807) is 6.21 Å². The van der Waals surface area contributed by atoms with Gasteiger partial charge in [0, 0.05) is 22.2 Å². The number of nitrogens with zero attached hydrogens (tertiary/aromatic N) is 4. The first kappa shape index (κ1) is 16.3. The summed E-state index contributed by atoms with van der Waals surface area (Å²) >= 11 is 7.46. The van der Waals surface area contributed by atoms with Gasteiger partial charge in [-0.05, 0) is 12.1 Å². The molecule has 0 saturated heterocycles. The minimum absolute atomic E-state index is 0. The number of fused-ring (bicyclic) bond motifs is 1. The Morgan fingerprint density at radius 1 is 1.27 bits per heavy atom. The fourth-order valence-electron chi connectivity index (χ4n) is 1.90. The van der Waals surface area contributed by atoms with E-state index in [0.29, 0.717) is 5.02 Å². The summed E-state index contributed by atoms with van der Waals surface area (Å²) in [5, 5.41) is 10.1. The van der Waals surface area contributed by atoms with Crippen LogP contribution >= 0.6 is 35.3 Å². The minimum Gasteiger partial charge on any atom is -0.369 e. The number of halogens is 2. The number of guanidine groups is 1. The lowest BCUT2D eigenvalue weighted by Crippen LogP contribution is -2.21. The number of hydrogen-bond donors (Lipinski definition) is 2. The summed E-state index contributed by atoms with van der Waals surface area (Å²) in [5.41, 5.74) is 13.1. The second-order valence-electron chi connectivity index (χ2n) is 4.18. The molecule has 6 nitrogen and oxygen atoms in total. The topological polar surface area (TPSA) is 94.1 Å². The molecule has 0 saturated carbocycles. The Morgan fingerprint density at radius 3 is 2.68 bits per heavy atom. The SMILES string of the molecule is Cl.NC(N)=N/N=C/c1c(-c2ccc(Cl)cc2)nc2sccn12. The van der Waals surface area contributed by atoms with Crippen molar-refractivity contribution < 1.29 is 0 Å². The minimum atomic E-state index is -0.0922.